The number of nitrogens with two attached hydrogens (primary N) is 1. The molecule has 4 nitrogen and oxygen atoms in total. The first-order chi connectivity index (χ1) is 8.26. The van der Waals surface area contributed by atoms with E-state index >= 15 is 0 Å². The summed E-state index contributed by atoms with van der Waals surface area (Å²) in [7, 11) is 0. The van der Waals surface area contributed by atoms with E-state index in [0.29, 0.717) is 5.92 Å². The fourth-order valence-electron chi connectivity index (χ4n) is 2.77. The molecule has 1 aromatic rings. The zero-order valence-electron chi connectivity index (χ0n) is 11.0. The van der Waals surface area contributed by atoms with Gasteiger partial charge < -0.3 is 10.3 Å². The third kappa shape index (κ3) is 2.68. The van der Waals surface area contributed by atoms with Crippen LogP contribution in [0.2, 0.25) is 0 Å². The summed E-state index contributed by atoms with van der Waals surface area (Å²) in [6.07, 6.45) is 6.86. The Morgan fingerprint density at radius 2 is 2.00 bits per heavy atom. The van der Waals surface area contributed by atoms with Crippen LogP contribution < -0.4 is 5.73 Å². The number of aryl methyl sites for hydroxylation is 1. The van der Waals surface area contributed by atoms with E-state index in [-0.39, 0.29) is 6.04 Å². The van der Waals surface area contributed by atoms with Gasteiger partial charge in [0.05, 0.1) is 0 Å². The molecule has 0 radical (unpaired) electrons. The molecule has 0 fully saturated rings. The van der Waals surface area contributed by atoms with Crippen molar-refractivity contribution in [2.75, 3.05) is 0 Å². The standard InChI is InChI=1S/C13H24N4/c1-3-5-10(6-4-2)13-16-15-12-8-7-11(14)9-17(12)13/h10-11H,3-9,14H2,1-2H3. The van der Waals surface area contributed by atoms with Crippen molar-refractivity contribution in [2.45, 2.75) is 70.9 Å². The molecule has 4 heteroatoms. The van der Waals surface area contributed by atoms with E-state index < -0.39 is 0 Å². The second kappa shape index (κ2) is 5.63. The van der Waals surface area contributed by atoms with Gasteiger partial charge in [-0.25, -0.2) is 0 Å². The average Bonchev–Trinajstić information content (AvgIpc) is 2.71. The van der Waals surface area contributed by atoms with Crippen LogP contribution in [0.4, 0.5) is 0 Å². The highest BCUT2D eigenvalue weighted by molar-refractivity contribution is 5.05. The molecule has 1 unspecified atom stereocenters. The van der Waals surface area contributed by atoms with Crippen LogP contribution in [0.1, 0.15) is 63.5 Å². The quantitative estimate of drug-likeness (QED) is 0.853. The van der Waals surface area contributed by atoms with Crippen LogP contribution in [-0.2, 0) is 13.0 Å². The number of fused-ring (bicyclic) bond motifs is 1. The minimum atomic E-state index is 0.279. The summed E-state index contributed by atoms with van der Waals surface area (Å²) in [5, 5.41) is 8.76. The Hall–Kier alpha value is -0.900. The zero-order valence-corrected chi connectivity index (χ0v) is 11.0. The Bertz CT molecular complexity index is 352. The van der Waals surface area contributed by atoms with Crippen LogP contribution in [0.15, 0.2) is 0 Å². The average molecular weight is 236 g/mol. The van der Waals surface area contributed by atoms with Gasteiger partial charge in [0.1, 0.15) is 11.6 Å². The van der Waals surface area contributed by atoms with Gasteiger partial charge in [-0.05, 0) is 19.3 Å². The molecule has 0 saturated carbocycles. The maximum Gasteiger partial charge on any atom is 0.136 e. The van der Waals surface area contributed by atoms with Crippen molar-refractivity contribution in [3.8, 4) is 0 Å². The topological polar surface area (TPSA) is 56.7 Å². The van der Waals surface area contributed by atoms with Crippen LogP contribution in [0.25, 0.3) is 0 Å². The Balaban J connectivity index is 2.21. The van der Waals surface area contributed by atoms with Gasteiger partial charge in [0.25, 0.3) is 0 Å². The lowest BCUT2D eigenvalue weighted by atomic mass is 9.96. The number of rotatable bonds is 5. The molecule has 2 heterocycles. The van der Waals surface area contributed by atoms with E-state index in [2.05, 4.69) is 28.6 Å². The van der Waals surface area contributed by atoms with Crippen molar-refractivity contribution in [2.24, 2.45) is 5.73 Å². The highest BCUT2D eigenvalue weighted by atomic mass is 15.3. The first-order valence-corrected chi connectivity index (χ1v) is 6.93. The zero-order chi connectivity index (χ0) is 12.3. The van der Waals surface area contributed by atoms with Crippen LogP contribution in [-0.4, -0.2) is 20.8 Å². The summed E-state index contributed by atoms with van der Waals surface area (Å²) in [6.45, 7) is 5.38. The summed E-state index contributed by atoms with van der Waals surface area (Å²) >= 11 is 0. The molecule has 0 aromatic carbocycles. The monoisotopic (exact) mass is 236 g/mol. The maximum absolute atomic E-state index is 6.05. The maximum atomic E-state index is 6.05. The first-order valence-electron chi connectivity index (χ1n) is 6.93. The summed E-state index contributed by atoms with van der Waals surface area (Å²) in [5.41, 5.74) is 6.05. The lowest BCUT2D eigenvalue weighted by Gasteiger charge is -2.23. The fourth-order valence-corrected chi connectivity index (χ4v) is 2.77. The van der Waals surface area contributed by atoms with Crippen molar-refractivity contribution in [3.63, 3.8) is 0 Å². The normalized spacial score (nSPS) is 19.6. The second-order valence-corrected chi connectivity index (χ2v) is 5.16. The van der Waals surface area contributed by atoms with Crippen molar-refractivity contribution in [1.29, 1.82) is 0 Å². The Morgan fingerprint density at radius 1 is 1.29 bits per heavy atom. The van der Waals surface area contributed by atoms with E-state index in [1.807, 2.05) is 0 Å². The predicted octanol–water partition coefficient (Wildman–Crippen LogP) is 2.24. The molecule has 17 heavy (non-hydrogen) atoms. The highest BCUT2D eigenvalue weighted by Crippen LogP contribution is 2.27. The summed E-state index contributed by atoms with van der Waals surface area (Å²) in [6, 6.07) is 0.279. The Kier molecular flexibility index (Phi) is 4.15. The van der Waals surface area contributed by atoms with Gasteiger partial charge >= 0.3 is 0 Å². The lowest BCUT2D eigenvalue weighted by molar-refractivity contribution is 0.421. The SMILES string of the molecule is CCCC(CCC)c1nnc2n1CC(N)CC2. The second-order valence-electron chi connectivity index (χ2n) is 5.16. The molecule has 0 spiro atoms. The number of hydrogen-bond acceptors (Lipinski definition) is 3. The number of nitrogens with zero attached hydrogens (tertiary/aromatic N) is 3. The molecule has 0 aliphatic carbocycles. The molecule has 1 aliphatic rings. The highest BCUT2D eigenvalue weighted by Gasteiger charge is 2.24. The van der Waals surface area contributed by atoms with E-state index in [4.69, 9.17) is 5.73 Å². The Labute approximate surface area is 104 Å². The molecule has 96 valence electrons. The smallest absolute Gasteiger partial charge is 0.136 e. The molecule has 0 saturated heterocycles. The van der Waals surface area contributed by atoms with Gasteiger partial charge in [0.2, 0.25) is 0 Å². The Morgan fingerprint density at radius 3 is 2.65 bits per heavy atom. The van der Waals surface area contributed by atoms with Gasteiger partial charge in [-0.1, -0.05) is 26.7 Å². The largest absolute Gasteiger partial charge is 0.326 e. The summed E-state index contributed by atoms with van der Waals surface area (Å²) in [4.78, 5) is 0. The van der Waals surface area contributed by atoms with Crippen LogP contribution in [0.5, 0.6) is 0 Å². The number of aromatic nitrogens is 3. The third-order valence-electron chi connectivity index (χ3n) is 3.65. The van der Waals surface area contributed by atoms with Gasteiger partial charge in [0, 0.05) is 24.9 Å². The van der Waals surface area contributed by atoms with E-state index in [9.17, 15) is 0 Å². The minimum Gasteiger partial charge on any atom is -0.326 e. The van der Waals surface area contributed by atoms with Gasteiger partial charge in [-0.3, -0.25) is 0 Å². The van der Waals surface area contributed by atoms with Crippen LogP contribution >= 0.6 is 0 Å². The fraction of sp³-hybridized carbons (Fsp3) is 0.846. The van der Waals surface area contributed by atoms with E-state index in [1.165, 1.54) is 31.5 Å². The lowest BCUT2D eigenvalue weighted by Crippen LogP contribution is -2.33. The first kappa shape index (κ1) is 12.6. The van der Waals surface area contributed by atoms with E-state index in [1.54, 1.807) is 0 Å². The molecule has 1 atom stereocenters. The number of hydrogen-bond donors (Lipinski definition) is 1. The molecule has 2 N–H and O–H groups in total. The molecular weight excluding hydrogens is 212 g/mol. The van der Waals surface area contributed by atoms with Gasteiger partial charge in [0.15, 0.2) is 0 Å². The molecule has 1 aromatic heterocycles. The molecule has 2 rings (SSSR count). The van der Waals surface area contributed by atoms with Gasteiger partial charge in [-0.15, -0.1) is 10.2 Å². The molecule has 1 aliphatic heterocycles. The molecule has 0 amide bonds. The third-order valence-corrected chi connectivity index (χ3v) is 3.65. The van der Waals surface area contributed by atoms with E-state index in [0.717, 1.165) is 25.2 Å². The summed E-state index contributed by atoms with van der Waals surface area (Å²) in [5.74, 6) is 2.88. The van der Waals surface area contributed by atoms with Crippen LogP contribution in [0.3, 0.4) is 0 Å². The molecule has 0 bridgehead atoms. The molecular formula is C13H24N4. The van der Waals surface area contributed by atoms with Crippen molar-refractivity contribution in [1.82, 2.24) is 14.8 Å². The minimum absolute atomic E-state index is 0.279. The predicted molar refractivity (Wildman–Crippen MR) is 68.9 cm³/mol. The van der Waals surface area contributed by atoms with Gasteiger partial charge in [-0.2, -0.15) is 0 Å². The van der Waals surface area contributed by atoms with Crippen molar-refractivity contribution >= 4 is 0 Å². The summed E-state index contributed by atoms with van der Waals surface area (Å²) < 4.78 is 2.28. The van der Waals surface area contributed by atoms with Crippen molar-refractivity contribution < 1.29 is 0 Å². The van der Waals surface area contributed by atoms with Crippen molar-refractivity contribution in [3.05, 3.63) is 11.6 Å². The van der Waals surface area contributed by atoms with Crippen LogP contribution in [0, 0.1) is 0 Å².